The minimum atomic E-state index is -0.826. The average Bonchev–Trinajstić information content (AvgIpc) is 2.57. The molecular weight excluding hydrogens is 203 g/mol. The van der Waals surface area contributed by atoms with Gasteiger partial charge in [-0.2, -0.15) is 0 Å². The van der Waals surface area contributed by atoms with Gasteiger partial charge in [-0.3, -0.25) is 0 Å². The highest BCUT2D eigenvalue weighted by molar-refractivity contribution is 6.01. The summed E-state index contributed by atoms with van der Waals surface area (Å²) in [6, 6.07) is 2.47. The molecule has 0 aliphatic heterocycles. The fourth-order valence-electron chi connectivity index (χ4n) is 1.38. The average molecular weight is 210 g/mol. The van der Waals surface area contributed by atoms with Crippen LogP contribution in [0, 0.1) is 5.82 Å². The Bertz CT molecular complexity index is 585. The van der Waals surface area contributed by atoms with E-state index in [1.807, 2.05) is 0 Å². The molecule has 0 aliphatic carbocycles. The van der Waals surface area contributed by atoms with E-state index in [0.29, 0.717) is 5.52 Å². The Morgan fingerprint density at radius 3 is 2.80 bits per heavy atom. The van der Waals surface area contributed by atoms with E-state index in [1.165, 1.54) is 6.07 Å². The van der Waals surface area contributed by atoms with Gasteiger partial charge in [-0.25, -0.2) is 14.0 Å². The number of imidazole rings is 1. The van der Waals surface area contributed by atoms with Crippen LogP contribution in [0.4, 0.5) is 4.39 Å². The largest absolute Gasteiger partial charge is 0.465 e. The number of aromatic amines is 2. The quantitative estimate of drug-likeness (QED) is 0.683. The van der Waals surface area contributed by atoms with Gasteiger partial charge in [-0.1, -0.05) is 0 Å². The Hall–Kier alpha value is -2.11. The maximum atomic E-state index is 13.3. The fourth-order valence-corrected chi connectivity index (χ4v) is 1.38. The summed E-state index contributed by atoms with van der Waals surface area (Å²) in [5, 5.41) is 0. The van der Waals surface area contributed by atoms with Gasteiger partial charge in [0.2, 0.25) is 0 Å². The second-order valence-corrected chi connectivity index (χ2v) is 2.92. The molecule has 78 valence electrons. The molecule has 0 saturated carbocycles. The second kappa shape index (κ2) is 3.23. The van der Waals surface area contributed by atoms with E-state index >= 15 is 0 Å². The minimum absolute atomic E-state index is 0.117. The lowest BCUT2D eigenvalue weighted by atomic mass is 10.2. The zero-order valence-electron chi connectivity index (χ0n) is 7.76. The number of halogens is 1. The van der Waals surface area contributed by atoms with E-state index < -0.39 is 17.5 Å². The van der Waals surface area contributed by atoms with Crippen molar-refractivity contribution in [2.24, 2.45) is 0 Å². The maximum absolute atomic E-state index is 13.3. The van der Waals surface area contributed by atoms with Crippen LogP contribution in [0.3, 0.4) is 0 Å². The molecule has 0 amide bonds. The summed E-state index contributed by atoms with van der Waals surface area (Å²) >= 11 is 0. The third-order valence-electron chi connectivity index (χ3n) is 2.03. The van der Waals surface area contributed by atoms with E-state index in [1.54, 1.807) is 0 Å². The van der Waals surface area contributed by atoms with E-state index in [-0.39, 0.29) is 11.1 Å². The zero-order valence-corrected chi connectivity index (χ0v) is 7.76. The number of nitrogens with one attached hydrogen (secondary N) is 2. The highest BCUT2D eigenvalue weighted by atomic mass is 19.1. The van der Waals surface area contributed by atoms with Crippen molar-refractivity contribution in [2.75, 3.05) is 7.11 Å². The molecule has 0 unspecified atom stereocenters. The Kier molecular flexibility index (Phi) is 2.03. The van der Waals surface area contributed by atoms with Gasteiger partial charge in [-0.15, -0.1) is 0 Å². The van der Waals surface area contributed by atoms with Crippen LogP contribution in [0.25, 0.3) is 11.0 Å². The highest BCUT2D eigenvalue weighted by Crippen LogP contribution is 2.17. The Balaban J connectivity index is 2.84. The van der Waals surface area contributed by atoms with Crippen molar-refractivity contribution < 1.29 is 13.9 Å². The summed E-state index contributed by atoms with van der Waals surface area (Å²) in [5.41, 5.74) is -0.289. The molecule has 6 heteroatoms. The standard InChI is InChI=1S/C9H7FN2O3/c1-15-8(13)6-4(10)2-3-5-7(6)12-9(14)11-5/h2-3H,1H3,(H2,11,12,14). The molecule has 1 aromatic heterocycles. The van der Waals surface area contributed by atoms with Gasteiger partial charge in [-0.05, 0) is 12.1 Å². The molecular formula is C9H7FN2O3. The fraction of sp³-hybridized carbons (Fsp3) is 0.111. The van der Waals surface area contributed by atoms with Crippen molar-refractivity contribution in [3.05, 3.63) is 34.0 Å². The minimum Gasteiger partial charge on any atom is -0.465 e. The summed E-state index contributed by atoms with van der Waals surface area (Å²) in [5.74, 6) is -1.56. The van der Waals surface area contributed by atoms with Crippen LogP contribution in [0.15, 0.2) is 16.9 Å². The van der Waals surface area contributed by atoms with Crippen molar-refractivity contribution in [3.8, 4) is 0 Å². The predicted molar refractivity (Wildman–Crippen MR) is 50.2 cm³/mol. The first-order valence-corrected chi connectivity index (χ1v) is 4.12. The molecule has 15 heavy (non-hydrogen) atoms. The van der Waals surface area contributed by atoms with Gasteiger partial charge < -0.3 is 14.7 Å². The van der Waals surface area contributed by atoms with Crippen LogP contribution < -0.4 is 5.69 Å². The number of ether oxygens (including phenoxy) is 1. The van der Waals surface area contributed by atoms with Crippen LogP contribution in [0.1, 0.15) is 10.4 Å². The number of rotatable bonds is 1. The monoisotopic (exact) mass is 210 g/mol. The Morgan fingerprint density at radius 2 is 2.13 bits per heavy atom. The summed E-state index contributed by atoms with van der Waals surface area (Å²) in [4.78, 5) is 27.0. The summed E-state index contributed by atoms with van der Waals surface area (Å²) in [7, 11) is 1.14. The predicted octanol–water partition coefficient (Wildman–Crippen LogP) is 0.782. The van der Waals surface area contributed by atoms with Crippen LogP contribution in [0.2, 0.25) is 0 Å². The number of hydrogen-bond acceptors (Lipinski definition) is 3. The molecule has 0 fully saturated rings. The molecule has 1 aromatic carbocycles. The number of benzene rings is 1. The van der Waals surface area contributed by atoms with Crippen molar-refractivity contribution >= 4 is 17.0 Å². The number of esters is 1. The van der Waals surface area contributed by atoms with Gasteiger partial charge in [0.1, 0.15) is 11.4 Å². The smallest absolute Gasteiger partial charge is 0.343 e. The van der Waals surface area contributed by atoms with Gasteiger partial charge in [0, 0.05) is 0 Å². The van der Waals surface area contributed by atoms with Crippen LogP contribution in [0.5, 0.6) is 0 Å². The number of carbonyl (C=O) groups excluding carboxylic acids is 1. The number of carbonyl (C=O) groups is 1. The molecule has 0 spiro atoms. The van der Waals surface area contributed by atoms with Crippen molar-refractivity contribution in [2.45, 2.75) is 0 Å². The van der Waals surface area contributed by atoms with Crippen molar-refractivity contribution in [1.82, 2.24) is 9.97 Å². The zero-order chi connectivity index (χ0) is 11.0. The first kappa shape index (κ1) is 9.45. The number of H-pyrrole nitrogens is 2. The molecule has 2 N–H and O–H groups in total. The third-order valence-corrected chi connectivity index (χ3v) is 2.03. The first-order valence-electron chi connectivity index (χ1n) is 4.12. The normalized spacial score (nSPS) is 10.5. The maximum Gasteiger partial charge on any atom is 0.343 e. The van der Waals surface area contributed by atoms with Crippen molar-refractivity contribution in [3.63, 3.8) is 0 Å². The lowest BCUT2D eigenvalue weighted by molar-refractivity contribution is 0.0597. The van der Waals surface area contributed by atoms with Crippen LogP contribution in [-0.2, 0) is 4.74 Å². The number of fused-ring (bicyclic) bond motifs is 1. The highest BCUT2D eigenvalue weighted by Gasteiger charge is 2.17. The van der Waals surface area contributed by atoms with E-state index in [2.05, 4.69) is 14.7 Å². The molecule has 2 aromatic rings. The Labute approximate surface area is 82.9 Å². The SMILES string of the molecule is COC(=O)c1c(F)ccc2[nH]c(=O)[nH]c12. The molecule has 5 nitrogen and oxygen atoms in total. The lowest BCUT2D eigenvalue weighted by Crippen LogP contribution is -2.06. The molecule has 0 aliphatic rings. The third kappa shape index (κ3) is 1.39. The molecule has 0 radical (unpaired) electrons. The number of hydrogen-bond donors (Lipinski definition) is 2. The van der Waals surface area contributed by atoms with E-state index in [4.69, 9.17) is 0 Å². The summed E-state index contributed by atoms with van der Waals surface area (Å²) in [6.07, 6.45) is 0. The summed E-state index contributed by atoms with van der Waals surface area (Å²) < 4.78 is 17.7. The summed E-state index contributed by atoms with van der Waals surface area (Å²) in [6.45, 7) is 0. The lowest BCUT2D eigenvalue weighted by Gasteiger charge is -2.01. The first-order chi connectivity index (χ1) is 7.13. The number of aromatic nitrogens is 2. The van der Waals surface area contributed by atoms with Crippen LogP contribution in [-0.4, -0.2) is 23.0 Å². The molecule has 1 heterocycles. The second-order valence-electron chi connectivity index (χ2n) is 2.92. The van der Waals surface area contributed by atoms with Gasteiger partial charge in [0.25, 0.3) is 0 Å². The van der Waals surface area contributed by atoms with Gasteiger partial charge in [0.15, 0.2) is 0 Å². The number of methoxy groups -OCH3 is 1. The van der Waals surface area contributed by atoms with E-state index in [0.717, 1.165) is 13.2 Å². The van der Waals surface area contributed by atoms with E-state index in [9.17, 15) is 14.0 Å². The molecule has 0 atom stereocenters. The topological polar surface area (TPSA) is 75.0 Å². The molecule has 0 saturated heterocycles. The van der Waals surface area contributed by atoms with Crippen molar-refractivity contribution in [1.29, 1.82) is 0 Å². The van der Waals surface area contributed by atoms with Crippen LogP contribution >= 0.6 is 0 Å². The van der Waals surface area contributed by atoms with Gasteiger partial charge >= 0.3 is 11.7 Å². The molecule has 2 rings (SSSR count). The molecule has 0 bridgehead atoms. The Morgan fingerprint density at radius 1 is 1.40 bits per heavy atom. The van der Waals surface area contributed by atoms with Gasteiger partial charge in [0.05, 0.1) is 18.1 Å².